The quantitative estimate of drug-likeness (QED) is 0.782. The van der Waals surface area contributed by atoms with Gasteiger partial charge in [-0.2, -0.15) is 0 Å². The maximum atomic E-state index is 13.2. The van der Waals surface area contributed by atoms with E-state index in [0.29, 0.717) is 19.0 Å². The Hall–Kier alpha value is -2.34. The molecule has 0 radical (unpaired) electrons. The number of nitrogens with one attached hydrogen (secondary N) is 1. The molecule has 2 aliphatic heterocycles. The number of carbonyl (C=O) groups is 2. The summed E-state index contributed by atoms with van der Waals surface area (Å²) in [5.74, 6) is 0.439. The van der Waals surface area contributed by atoms with Crippen LogP contribution in [0.3, 0.4) is 0 Å². The van der Waals surface area contributed by atoms with E-state index in [2.05, 4.69) is 40.9 Å². The molecule has 29 heavy (non-hydrogen) atoms. The molecule has 0 aliphatic carbocycles. The van der Waals surface area contributed by atoms with Crippen molar-refractivity contribution >= 4 is 22.7 Å². The lowest BCUT2D eigenvalue weighted by molar-refractivity contribution is -0.121. The molecule has 1 aromatic carbocycles. The van der Waals surface area contributed by atoms with Crippen LogP contribution in [-0.4, -0.2) is 65.4 Å². The topological polar surface area (TPSA) is 57.6 Å². The van der Waals surface area contributed by atoms with Crippen LogP contribution in [0.4, 0.5) is 0 Å². The van der Waals surface area contributed by atoms with E-state index < -0.39 is 0 Å². The Labute approximate surface area is 172 Å². The summed E-state index contributed by atoms with van der Waals surface area (Å²) in [5.41, 5.74) is 3.06. The molecule has 1 saturated heterocycles. The van der Waals surface area contributed by atoms with Crippen molar-refractivity contribution in [3.8, 4) is 0 Å². The SMILES string of the molecule is CC(C)Cn1cc2c3c(cccc31)C(=O)N(CC(=O)NCCN1CCCC1)CC2. The van der Waals surface area contributed by atoms with E-state index in [0.717, 1.165) is 49.1 Å². The normalized spacial score (nSPS) is 17.3. The van der Waals surface area contributed by atoms with Crippen LogP contribution in [0.2, 0.25) is 0 Å². The van der Waals surface area contributed by atoms with Crippen molar-refractivity contribution in [1.82, 2.24) is 19.7 Å². The van der Waals surface area contributed by atoms with Crippen molar-refractivity contribution < 1.29 is 9.59 Å². The fourth-order valence-electron chi connectivity index (χ4n) is 4.62. The minimum atomic E-state index is -0.0684. The van der Waals surface area contributed by atoms with Gasteiger partial charge >= 0.3 is 0 Å². The van der Waals surface area contributed by atoms with Gasteiger partial charge in [0.25, 0.3) is 5.91 Å². The largest absolute Gasteiger partial charge is 0.353 e. The molecule has 1 fully saturated rings. The molecule has 0 spiro atoms. The van der Waals surface area contributed by atoms with Crippen LogP contribution >= 0.6 is 0 Å². The predicted octanol–water partition coefficient (Wildman–Crippen LogP) is 2.51. The van der Waals surface area contributed by atoms with E-state index in [1.54, 1.807) is 4.90 Å². The second-order valence-corrected chi connectivity index (χ2v) is 8.78. The van der Waals surface area contributed by atoms with Crippen LogP contribution in [0, 0.1) is 5.92 Å². The molecule has 0 atom stereocenters. The summed E-state index contributed by atoms with van der Waals surface area (Å²) in [4.78, 5) is 29.7. The first-order chi connectivity index (χ1) is 14.0. The van der Waals surface area contributed by atoms with Crippen LogP contribution < -0.4 is 5.32 Å². The second kappa shape index (κ2) is 8.57. The average Bonchev–Trinajstić information content (AvgIpc) is 3.29. The molecule has 156 valence electrons. The standard InChI is InChI=1S/C23H32N4O2/c1-17(2)14-27-15-18-8-12-26(23(29)19-6-5-7-20(27)22(18)19)16-21(28)24-9-13-25-10-3-4-11-25/h5-7,15,17H,3-4,8-14,16H2,1-2H3,(H,24,28). The maximum absolute atomic E-state index is 13.2. The summed E-state index contributed by atoms with van der Waals surface area (Å²) in [5, 5.41) is 4.05. The van der Waals surface area contributed by atoms with Crippen molar-refractivity contribution in [3.63, 3.8) is 0 Å². The zero-order chi connectivity index (χ0) is 20.4. The first kappa shape index (κ1) is 20.0. The monoisotopic (exact) mass is 396 g/mol. The average molecular weight is 397 g/mol. The highest BCUT2D eigenvalue weighted by Crippen LogP contribution is 2.30. The Balaban J connectivity index is 1.44. The smallest absolute Gasteiger partial charge is 0.255 e. The zero-order valence-electron chi connectivity index (χ0n) is 17.6. The summed E-state index contributed by atoms with van der Waals surface area (Å²) in [7, 11) is 0. The fraction of sp³-hybridized carbons (Fsp3) is 0.565. The van der Waals surface area contributed by atoms with Gasteiger partial charge in [0.15, 0.2) is 0 Å². The third kappa shape index (κ3) is 4.32. The lowest BCUT2D eigenvalue weighted by Crippen LogP contribution is -2.43. The Bertz CT molecular complexity index is 896. The van der Waals surface area contributed by atoms with Gasteiger partial charge in [0.2, 0.25) is 5.91 Å². The number of aromatic nitrogens is 1. The first-order valence-corrected chi connectivity index (χ1v) is 10.9. The number of nitrogens with zero attached hydrogens (tertiary/aromatic N) is 3. The second-order valence-electron chi connectivity index (χ2n) is 8.78. The molecular formula is C23H32N4O2. The van der Waals surface area contributed by atoms with Crippen LogP contribution in [0.1, 0.15) is 42.6 Å². The van der Waals surface area contributed by atoms with Crippen molar-refractivity contribution in [2.24, 2.45) is 5.92 Å². The number of amides is 2. The van der Waals surface area contributed by atoms with Crippen LogP contribution in [-0.2, 0) is 17.8 Å². The molecule has 0 bridgehead atoms. The molecule has 0 unspecified atom stereocenters. The Morgan fingerprint density at radius 1 is 1.17 bits per heavy atom. The molecule has 6 nitrogen and oxygen atoms in total. The van der Waals surface area contributed by atoms with Gasteiger partial charge < -0.3 is 19.7 Å². The maximum Gasteiger partial charge on any atom is 0.255 e. The lowest BCUT2D eigenvalue weighted by atomic mass is 10.1. The minimum absolute atomic E-state index is 0.0358. The summed E-state index contributed by atoms with van der Waals surface area (Å²) >= 11 is 0. The molecule has 1 aromatic heterocycles. The summed E-state index contributed by atoms with van der Waals surface area (Å²) in [6, 6.07) is 5.95. The van der Waals surface area contributed by atoms with Crippen LogP contribution in [0.5, 0.6) is 0 Å². The molecule has 3 heterocycles. The molecule has 2 aromatic rings. The highest BCUT2D eigenvalue weighted by molar-refractivity contribution is 6.09. The number of benzene rings is 1. The van der Waals surface area contributed by atoms with E-state index in [4.69, 9.17) is 0 Å². The Morgan fingerprint density at radius 2 is 1.97 bits per heavy atom. The van der Waals surface area contributed by atoms with E-state index in [1.165, 1.54) is 18.4 Å². The lowest BCUT2D eigenvalue weighted by Gasteiger charge is -2.21. The highest BCUT2D eigenvalue weighted by atomic mass is 16.2. The van der Waals surface area contributed by atoms with Gasteiger partial charge in [-0.3, -0.25) is 9.59 Å². The van der Waals surface area contributed by atoms with Gasteiger partial charge in [0.05, 0.1) is 6.54 Å². The van der Waals surface area contributed by atoms with E-state index in [-0.39, 0.29) is 18.4 Å². The van der Waals surface area contributed by atoms with E-state index in [1.807, 2.05) is 12.1 Å². The van der Waals surface area contributed by atoms with Crippen molar-refractivity contribution in [2.45, 2.75) is 39.7 Å². The minimum Gasteiger partial charge on any atom is -0.353 e. The van der Waals surface area contributed by atoms with Crippen molar-refractivity contribution in [1.29, 1.82) is 0 Å². The van der Waals surface area contributed by atoms with Gasteiger partial charge in [0, 0.05) is 48.8 Å². The summed E-state index contributed by atoms with van der Waals surface area (Å²) in [6.45, 7) is 9.86. The number of carbonyl (C=O) groups excluding carboxylic acids is 2. The van der Waals surface area contributed by atoms with E-state index in [9.17, 15) is 9.59 Å². The predicted molar refractivity (Wildman–Crippen MR) is 115 cm³/mol. The van der Waals surface area contributed by atoms with Gasteiger partial charge in [0.1, 0.15) is 0 Å². The molecule has 4 rings (SSSR count). The first-order valence-electron chi connectivity index (χ1n) is 10.9. The third-order valence-corrected chi connectivity index (χ3v) is 6.00. The molecular weight excluding hydrogens is 364 g/mol. The van der Waals surface area contributed by atoms with Gasteiger partial charge in [-0.15, -0.1) is 0 Å². The molecule has 6 heteroatoms. The van der Waals surface area contributed by atoms with Gasteiger partial charge in [-0.25, -0.2) is 0 Å². The third-order valence-electron chi connectivity index (χ3n) is 6.00. The molecule has 1 N–H and O–H groups in total. The summed E-state index contributed by atoms with van der Waals surface area (Å²) in [6.07, 6.45) is 5.48. The molecule has 2 amide bonds. The highest BCUT2D eigenvalue weighted by Gasteiger charge is 2.26. The number of hydrogen-bond acceptors (Lipinski definition) is 3. The van der Waals surface area contributed by atoms with Crippen LogP contribution in [0.25, 0.3) is 10.9 Å². The van der Waals surface area contributed by atoms with Gasteiger partial charge in [-0.1, -0.05) is 19.9 Å². The van der Waals surface area contributed by atoms with Gasteiger partial charge in [-0.05, 0) is 56.0 Å². The number of rotatable bonds is 7. The van der Waals surface area contributed by atoms with Crippen molar-refractivity contribution in [2.75, 3.05) is 39.3 Å². The van der Waals surface area contributed by atoms with E-state index >= 15 is 0 Å². The zero-order valence-corrected chi connectivity index (χ0v) is 17.6. The molecule has 2 aliphatic rings. The number of hydrogen-bond donors (Lipinski definition) is 1. The number of likely N-dealkylation sites (tertiary alicyclic amines) is 1. The Kier molecular flexibility index (Phi) is 5.90. The van der Waals surface area contributed by atoms with Crippen molar-refractivity contribution in [3.05, 3.63) is 35.5 Å². The summed E-state index contributed by atoms with van der Waals surface area (Å²) < 4.78 is 2.27. The Morgan fingerprint density at radius 3 is 2.72 bits per heavy atom. The fourth-order valence-corrected chi connectivity index (χ4v) is 4.62. The molecule has 0 saturated carbocycles. The van der Waals surface area contributed by atoms with Crippen LogP contribution in [0.15, 0.2) is 24.4 Å².